The molecule has 1 saturated heterocycles. The fourth-order valence-corrected chi connectivity index (χ4v) is 4.67. The van der Waals surface area contributed by atoms with Gasteiger partial charge >= 0.3 is 0 Å². The van der Waals surface area contributed by atoms with Crippen LogP contribution in [0.4, 0.5) is 11.8 Å². The van der Waals surface area contributed by atoms with Gasteiger partial charge in [-0.05, 0) is 62.0 Å². The minimum absolute atomic E-state index is 0.590. The largest absolute Gasteiger partial charge is 0.370 e. The molecule has 0 radical (unpaired) electrons. The molecule has 1 N–H and O–H groups in total. The van der Waals surface area contributed by atoms with Gasteiger partial charge in [0.25, 0.3) is 0 Å². The lowest BCUT2D eigenvalue weighted by atomic mass is 9.91. The lowest BCUT2D eigenvalue weighted by Gasteiger charge is -2.32. The summed E-state index contributed by atoms with van der Waals surface area (Å²) in [4.78, 5) is 15.5. The molecule has 3 aromatic rings. The van der Waals surface area contributed by atoms with E-state index < -0.39 is 0 Å². The Balaban J connectivity index is 0.997. The predicted octanol–water partition coefficient (Wildman–Crippen LogP) is 3.85. The van der Waals surface area contributed by atoms with Crippen LogP contribution in [0.3, 0.4) is 0 Å². The van der Waals surface area contributed by atoms with Crippen LogP contribution in [0.1, 0.15) is 32.1 Å². The zero-order valence-corrected chi connectivity index (χ0v) is 18.2. The number of halogens is 1. The van der Waals surface area contributed by atoms with Crippen molar-refractivity contribution in [3.8, 4) is 5.69 Å². The highest BCUT2D eigenvalue weighted by Gasteiger charge is 2.38. The number of rotatable bonds is 8. The maximum absolute atomic E-state index is 5.89. The normalized spacial score (nSPS) is 21.3. The molecule has 0 amide bonds. The molecule has 2 aliphatic rings. The Bertz CT molecular complexity index is 952. The molecule has 1 aliphatic carbocycles. The molecule has 162 valence electrons. The summed E-state index contributed by atoms with van der Waals surface area (Å²) in [6.45, 7) is 3.06. The highest BCUT2D eigenvalue weighted by molar-refractivity contribution is 6.30. The van der Waals surface area contributed by atoms with Crippen LogP contribution in [0.5, 0.6) is 0 Å². The van der Waals surface area contributed by atoms with Gasteiger partial charge < -0.3 is 10.2 Å². The fraction of sp³-hybridized carbons (Fsp3) is 0.500. The summed E-state index contributed by atoms with van der Waals surface area (Å²) in [5.41, 5.74) is 0.916. The van der Waals surface area contributed by atoms with E-state index in [9.17, 15) is 0 Å². The molecule has 2 atom stereocenters. The van der Waals surface area contributed by atoms with Crippen molar-refractivity contribution in [3.05, 3.63) is 48.1 Å². The van der Waals surface area contributed by atoms with Crippen LogP contribution in [0.15, 0.2) is 43.1 Å². The van der Waals surface area contributed by atoms with E-state index in [4.69, 9.17) is 11.6 Å². The minimum Gasteiger partial charge on any atom is -0.370 e. The first kappa shape index (κ1) is 20.2. The third kappa shape index (κ3) is 5.12. The van der Waals surface area contributed by atoms with Gasteiger partial charge in [0.1, 0.15) is 5.82 Å². The van der Waals surface area contributed by atoms with E-state index in [2.05, 4.69) is 35.5 Å². The van der Waals surface area contributed by atoms with E-state index in [0.29, 0.717) is 5.02 Å². The Morgan fingerprint density at radius 1 is 1.03 bits per heavy atom. The third-order valence-corrected chi connectivity index (χ3v) is 6.66. The zero-order chi connectivity index (χ0) is 21.0. The van der Waals surface area contributed by atoms with Gasteiger partial charge in [-0.25, -0.2) is 19.6 Å². The maximum Gasteiger partial charge on any atom is 0.225 e. The lowest BCUT2D eigenvalue weighted by Crippen LogP contribution is -2.35. The van der Waals surface area contributed by atoms with Crippen molar-refractivity contribution in [1.29, 1.82) is 0 Å². The Morgan fingerprint density at radius 2 is 1.87 bits per heavy atom. The van der Waals surface area contributed by atoms with E-state index >= 15 is 0 Å². The number of pyridine rings is 1. The van der Waals surface area contributed by atoms with Crippen molar-refractivity contribution >= 4 is 23.4 Å². The summed E-state index contributed by atoms with van der Waals surface area (Å²) < 4.78 is 1.71. The second kappa shape index (κ2) is 9.18. The van der Waals surface area contributed by atoms with E-state index in [0.717, 1.165) is 54.8 Å². The zero-order valence-electron chi connectivity index (χ0n) is 17.4. The molecule has 2 unspecified atom stereocenters. The number of nitrogens with one attached hydrogen (secondary N) is 1. The smallest absolute Gasteiger partial charge is 0.225 e. The third-order valence-electron chi connectivity index (χ3n) is 6.47. The van der Waals surface area contributed by atoms with Crippen LogP contribution in [0.25, 0.3) is 5.69 Å². The van der Waals surface area contributed by atoms with Crippen molar-refractivity contribution in [1.82, 2.24) is 29.9 Å². The maximum atomic E-state index is 5.89. The molecular formula is C22H27ClN8. The standard InChI is InChI=1S/C22H27ClN8/c23-19-13-26-22(27-14-19)30-8-4-16(5-9-30)11-18-12-17(18)3-6-24-21-2-1-20(15-25-21)31-10-7-28-29-31/h1-2,7,10,13-18H,3-6,8-9,11-12H2,(H,24,25). The first-order valence-corrected chi connectivity index (χ1v) is 11.4. The van der Waals surface area contributed by atoms with Crippen LogP contribution in [0.2, 0.25) is 5.02 Å². The van der Waals surface area contributed by atoms with Crippen LogP contribution in [-0.2, 0) is 0 Å². The first-order chi connectivity index (χ1) is 15.2. The van der Waals surface area contributed by atoms with Crippen molar-refractivity contribution < 1.29 is 0 Å². The number of piperidine rings is 1. The van der Waals surface area contributed by atoms with E-state index in [-0.39, 0.29) is 0 Å². The minimum atomic E-state index is 0.590. The summed E-state index contributed by atoms with van der Waals surface area (Å²) >= 11 is 5.89. The van der Waals surface area contributed by atoms with Crippen molar-refractivity contribution in [2.24, 2.45) is 17.8 Å². The van der Waals surface area contributed by atoms with Gasteiger partial charge in [0.2, 0.25) is 5.95 Å². The Kier molecular flexibility index (Phi) is 5.97. The molecule has 0 spiro atoms. The van der Waals surface area contributed by atoms with Crippen LogP contribution < -0.4 is 10.2 Å². The second-order valence-electron chi connectivity index (χ2n) is 8.59. The van der Waals surface area contributed by atoms with Gasteiger partial charge in [-0.2, -0.15) is 0 Å². The highest BCUT2D eigenvalue weighted by Crippen LogP contribution is 2.46. The molecule has 8 nitrogen and oxygen atoms in total. The van der Waals surface area contributed by atoms with Crippen molar-refractivity contribution in [3.63, 3.8) is 0 Å². The Hall–Kier alpha value is -2.74. The van der Waals surface area contributed by atoms with E-state index in [1.807, 2.05) is 24.5 Å². The summed E-state index contributed by atoms with van der Waals surface area (Å²) in [6.07, 6.45) is 15.1. The van der Waals surface area contributed by atoms with Gasteiger partial charge in [-0.3, -0.25) is 0 Å². The Morgan fingerprint density at radius 3 is 2.58 bits per heavy atom. The predicted molar refractivity (Wildman–Crippen MR) is 120 cm³/mol. The monoisotopic (exact) mass is 438 g/mol. The molecular weight excluding hydrogens is 412 g/mol. The average Bonchev–Trinajstić information content (AvgIpc) is 3.30. The molecule has 0 aromatic carbocycles. The van der Waals surface area contributed by atoms with Crippen LogP contribution in [0, 0.1) is 17.8 Å². The summed E-state index contributed by atoms with van der Waals surface area (Å²) in [7, 11) is 0. The van der Waals surface area contributed by atoms with Crippen LogP contribution in [-0.4, -0.2) is 49.6 Å². The van der Waals surface area contributed by atoms with Crippen LogP contribution >= 0.6 is 11.6 Å². The molecule has 31 heavy (non-hydrogen) atoms. The molecule has 5 rings (SSSR count). The summed E-state index contributed by atoms with van der Waals surface area (Å²) in [5.74, 6) is 4.31. The molecule has 1 saturated carbocycles. The topological polar surface area (TPSA) is 84.7 Å². The second-order valence-corrected chi connectivity index (χ2v) is 9.02. The van der Waals surface area contributed by atoms with Crippen molar-refractivity contribution in [2.45, 2.75) is 32.1 Å². The molecule has 4 heterocycles. The number of aromatic nitrogens is 6. The number of anilines is 2. The summed E-state index contributed by atoms with van der Waals surface area (Å²) in [5, 5.41) is 11.8. The summed E-state index contributed by atoms with van der Waals surface area (Å²) in [6, 6.07) is 4.00. The van der Waals surface area contributed by atoms with Gasteiger partial charge in [-0.15, -0.1) is 5.10 Å². The fourth-order valence-electron chi connectivity index (χ4n) is 4.58. The lowest BCUT2D eigenvalue weighted by molar-refractivity contribution is 0.354. The van der Waals surface area contributed by atoms with E-state index in [1.54, 1.807) is 23.3 Å². The van der Waals surface area contributed by atoms with Gasteiger partial charge in [0.05, 0.1) is 41.7 Å². The molecule has 1 aliphatic heterocycles. The van der Waals surface area contributed by atoms with Gasteiger partial charge in [0, 0.05) is 19.6 Å². The highest BCUT2D eigenvalue weighted by atomic mass is 35.5. The number of hydrogen-bond donors (Lipinski definition) is 1. The molecule has 3 aromatic heterocycles. The SMILES string of the molecule is Clc1cnc(N2CCC(CC3CC3CCNc3ccc(-n4ccnn4)cn3)CC2)nc1. The first-order valence-electron chi connectivity index (χ1n) is 11.0. The average molecular weight is 439 g/mol. The Labute approximate surface area is 187 Å². The van der Waals surface area contributed by atoms with Crippen molar-refractivity contribution in [2.75, 3.05) is 29.9 Å². The molecule has 9 heteroatoms. The van der Waals surface area contributed by atoms with Gasteiger partial charge in [-0.1, -0.05) is 16.8 Å². The quantitative estimate of drug-likeness (QED) is 0.571. The van der Waals surface area contributed by atoms with E-state index in [1.165, 1.54) is 32.1 Å². The molecule has 0 bridgehead atoms. The number of nitrogens with zero attached hydrogens (tertiary/aromatic N) is 7. The molecule has 2 fully saturated rings. The van der Waals surface area contributed by atoms with Gasteiger partial charge in [0.15, 0.2) is 0 Å². The number of hydrogen-bond acceptors (Lipinski definition) is 7.